The normalized spacial score (nSPS) is 19.6. The molecule has 1 N–H and O–H groups in total. The van der Waals surface area contributed by atoms with E-state index in [1.54, 1.807) is 0 Å². The van der Waals surface area contributed by atoms with Gasteiger partial charge in [0.25, 0.3) is 0 Å². The molecule has 3 rings (SSSR count). The summed E-state index contributed by atoms with van der Waals surface area (Å²) in [5.74, 6) is 0.760. The molecule has 2 unspecified atom stereocenters. The van der Waals surface area contributed by atoms with Crippen LogP contribution in [0.15, 0.2) is 57.5 Å². The SMILES string of the molecule is OC(COc1ccc(Br)cc1)CN1CCOC(c2cccc(Br)c2)C1. The Morgan fingerprint density at radius 3 is 2.72 bits per heavy atom. The Kier molecular flexibility index (Phi) is 6.90. The highest BCUT2D eigenvalue weighted by molar-refractivity contribution is 9.10. The molecule has 2 atom stereocenters. The van der Waals surface area contributed by atoms with Gasteiger partial charge < -0.3 is 14.6 Å². The third kappa shape index (κ3) is 5.79. The van der Waals surface area contributed by atoms with Gasteiger partial charge in [0.15, 0.2) is 0 Å². The van der Waals surface area contributed by atoms with Crippen LogP contribution in [0, 0.1) is 0 Å². The number of aliphatic hydroxyl groups is 1. The van der Waals surface area contributed by atoms with E-state index in [4.69, 9.17) is 9.47 Å². The summed E-state index contributed by atoms with van der Waals surface area (Å²) in [4.78, 5) is 2.23. The minimum absolute atomic E-state index is 0.0332. The van der Waals surface area contributed by atoms with Crippen LogP contribution in [-0.4, -0.2) is 49.0 Å². The van der Waals surface area contributed by atoms with Crippen molar-refractivity contribution in [3.05, 3.63) is 63.0 Å². The lowest BCUT2D eigenvalue weighted by atomic mass is 10.1. The Morgan fingerprint density at radius 1 is 1.16 bits per heavy atom. The van der Waals surface area contributed by atoms with E-state index in [0.717, 1.165) is 33.3 Å². The second-order valence-corrected chi connectivity index (χ2v) is 7.92. The number of rotatable bonds is 6. The predicted octanol–water partition coefficient (Wildman–Crippen LogP) is 4.02. The van der Waals surface area contributed by atoms with E-state index in [1.807, 2.05) is 36.4 Å². The molecule has 0 aromatic heterocycles. The Balaban J connectivity index is 1.49. The van der Waals surface area contributed by atoms with Crippen molar-refractivity contribution in [2.45, 2.75) is 12.2 Å². The topological polar surface area (TPSA) is 41.9 Å². The van der Waals surface area contributed by atoms with E-state index < -0.39 is 6.10 Å². The number of aliphatic hydroxyl groups excluding tert-OH is 1. The van der Waals surface area contributed by atoms with E-state index in [0.29, 0.717) is 13.2 Å². The largest absolute Gasteiger partial charge is 0.491 e. The van der Waals surface area contributed by atoms with Gasteiger partial charge in [0, 0.05) is 28.6 Å². The van der Waals surface area contributed by atoms with Crippen LogP contribution in [0.1, 0.15) is 11.7 Å². The van der Waals surface area contributed by atoms with Crippen LogP contribution in [-0.2, 0) is 4.74 Å². The lowest BCUT2D eigenvalue weighted by Gasteiger charge is -2.34. The number of hydrogen-bond donors (Lipinski definition) is 1. The third-order valence-electron chi connectivity index (χ3n) is 4.10. The van der Waals surface area contributed by atoms with Gasteiger partial charge in [-0.2, -0.15) is 0 Å². The summed E-state index contributed by atoms with van der Waals surface area (Å²) in [5.41, 5.74) is 1.15. The number of nitrogens with zero attached hydrogens (tertiary/aromatic N) is 1. The highest BCUT2D eigenvalue weighted by Crippen LogP contribution is 2.25. The monoisotopic (exact) mass is 469 g/mol. The summed E-state index contributed by atoms with van der Waals surface area (Å²) in [5, 5.41) is 10.3. The molecule has 25 heavy (non-hydrogen) atoms. The fourth-order valence-corrected chi connectivity index (χ4v) is 3.53. The lowest BCUT2D eigenvalue weighted by Crippen LogP contribution is -2.43. The summed E-state index contributed by atoms with van der Waals surface area (Å²) >= 11 is 6.90. The molecular weight excluding hydrogens is 450 g/mol. The van der Waals surface area contributed by atoms with Gasteiger partial charge in [0.2, 0.25) is 0 Å². The highest BCUT2D eigenvalue weighted by Gasteiger charge is 2.23. The molecule has 4 nitrogen and oxygen atoms in total. The molecule has 0 saturated carbocycles. The summed E-state index contributed by atoms with van der Waals surface area (Å²) in [7, 11) is 0. The molecule has 0 radical (unpaired) electrons. The van der Waals surface area contributed by atoms with Crippen LogP contribution < -0.4 is 4.74 Å². The summed E-state index contributed by atoms with van der Waals surface area (Å²) in [6, 6.07) is 15.8. The molecule has 1 aliphatic heterocycles. The first-order valence-electron chi connectivity index (χ1n) is 8.26. The van der Waals surface area contributed by atoms with Crippen LogP contribution in [0.2, 0.25) is 0 Å². The van der Waals surface area contributed by atoms with Crippen molar-refractivity contribution in [2.24, 2.45) is 0 Å². The van der Waals surface area contributed by atoms with E-state index in [2.05, 4.69) is 48.9 Å². The first-order chi connectivity index (χ1) is 12.1. The van der Waals surface area contributed by atoms with Gasteiger partial charge in [-0.3, -0.25) is 4.90 Å². The molecule has 1 saturated heterocycles. The maximum absolute atomic E-state index is 10.3. The maximum Gasteiger partial charge on any atom is 0.119 e. The Morgan fingerprint density at radius 2 is 1.96 bits per heavy atom. The maximum atomic E-state index is 10.3. The van der Waals surface area contributed by atoms with Gasteiger partial charge >= 0.3 is 0 Å². The molecule has 1 heterocycles. The fraction of sp³-hybridized carbons (Fsp3) is 0.368. The third-order valence-corrected chi connectivity index (χ3v) is 5.12. The van der Waals surface area contributed by atoms with E-state index in [1.165, 1.54) is 0 Å². The average molecular weight is 471 g/mol. The number of halogens is 2. The van der Waals surface area contributed by atoms with Crippen molar-refractivity contribution < 1.29 is 14.6 Å². The second-order valence-electron chi connectivity index (χ2n) is 6.09. The molecule has 134 valence electrons. The van der Waals surface area contributed by atoms with E-state index in [9.17, 15) is 5.11 Å². The van der Waals surface area contributed by atoms with Crippen molar-refractivity contribution >= 4 is 31.9 Å². The van der Waals surface area contributed by atoms with Crippen LogP contribution in [0.3, 0.4) is 0 Å². The Hall–Kier alpha value is -0.920. The molecular formula is C19H21Br2NO3. The minimum Gasteiger partial charge on any atom is -0.491 e. The van der Waals surface area contributed by atoms with Crippen LogP contribution in [0.4, 0.5) is 0 Å². The van der Waals surface area contributed by atoms with Crippen LogP contribution in [0.5, 0.6) is 5.75 Å². The first-order valence-corrected chi connectivity index (χ1v) is 9.84. The highest BCUT2D eigenvalue weighted by atomic mass is 79.9. The summed E-state index contributed by atoms with van der Waals surface area (Å²) in [6.45, 7) is 3.11. The smallest absolute Gasteiger partial charge is 0.119 e. The molecule has 6 heteroatoms. The Bertz CT molecular complexity index is 681. The van der Waals surface area contributed by atoms with Gasteiger partial charge in [0.05, 0.1) is 12.7 Å². The van der Waals surface area contributed by atoms with Crippen molar-refractivity contribution in [3.63, 3.8) is 0 Å². The Labute approximate surface area is 165 Å². The lowest BCUT2D eigenvalue weighted by molar-refractivity contribution is -0.0459. The first kappa shape index (κ1) is 18.9. The molecule has 0 aliphatic carbocycles. The molecule has 0 spiro atoms. The van der Waals surface area contributed by atoms with Crippen molar-refractivity contribution in [1.29, 1.82) is 0 Å². The van der Waals surface area contributed by atoms with Crippen molar-refractivity contribution in [3.8, 4) is 5.75 Å². The number of benzene rings is 2. The van der Waals surface area contributed by atoms with E-state index in [-0.39, 0.29) is 12.7 Å². The minimum atomic E-state index is -0.537. The van der Waals surface area contributed by atoms with Gasteiger partial charge in [-0.1, -0.05) is 44.0 Å². The van der Waals surface area contributed by atoms with Gasteiger partial charge in [-0.05, 0) is 42.0 Å². The molecule has 1 fully saturated rings. The molecule has 0 amide bonds. The quantitative estimate of drug-likeness (QED) is 0.692. The zero-order valence-electron chi connectivity index (χ0n) is 13.8. The number of ether oxygens (including phenoxy) is 2. The van der Waals surface area contributed by atoms with E-state index >= 15 is 0 Å². The average Bonchev–Trinajstić information content (AvgIpc) is 2.61. The second kappa shape index (κ2) is 9.14. The number of hydrogen-bond acceptors (Lipinski definition) is 4. The standard InChI is InChI=1S/C19H21Br2NO3/c20-15-4-6-18(7-5-15)25-13-17(23)11-22-8-9-24-19(12-22)14-2-1-3-16(21)10-14/h1-7,10,17,19,23H,8-9,11-13H2. The van der Waals surface area contributed by atoms with Gasteiger partial charge in [-0.25, -0.2) is 0 Å². The number of morpholine rings is 1. The molecule has 2 aromatic rings. The summed E-state index contributed by atoms with van der Waals surface area (Å²) < 4.78 is 13.6. The fourth-order valence-electron chi connectivity index (χ4n) is 2.85. The van der Waals surface area contributed by atoms with Crippen molar-refractivity contribution in [2.75, 3.05) is 32.8 Å². The molecule has 0 bridgehead atoms. The molecule has 2 aromatic carbocycles. The van der Waals surface area contributed by atoms with Crippen LogP contribution in [0.25, 0.3) is 0 Å². The predicted molar refractivity (Wildman–Crippen MR) is 105 cm³/mol. The molecule has 1 aliphatic rings. The van der Waals surface area contributed by atoms with Crippen LogP contribution >= 0.6 is 31.9 Å². The van der Waals surface area contributed by atoms with Crippen molar-refractivity contribution in [1.82, 2.24) is 4.90 Å². The zero-order chi connectivity index (χ0) is 17.6. The van der Waals surface area contributed by atoms with Gasteiger partial charge in [0.1, 0.15) is 18.5 Å². The summed E-state index contributed by atoms with van der Waals surface area (Å²) in [6.07, 6.45) is -0.504. The van der Waals surface area contributed by atoms with Gasteiger partial charge in [-0.15, -0.1) is 0 Å². The zero-order valence-corrected chi connectivity index (χ0v) is 16.9. The number of β-amino-alcohol motifs (C(OH)–C–C–N with tert-alkyl or cyclic N) is 1.